The molecule has 0 aromatic rings. The van der Waals surface area contributed by atoms with Crippen LogP contribution in [0.2, 0.25) is 0 Å². The summed E-state index contributed by atoms with van der Waals surface area (Å²) in [5.74, 6) is -0.183. The van der Waals surface area contributed by atoms with E-state index >= 15 is 0 Å². The van der Waals surface area contributed by atoms with E-state index < -0.39 is 49.5 Å². The lowest BCUT2D eigenvalue weighted by molar-refractivity contribution is -0.302. The molecule has 0 radical (unpaired) electrons. The van der Waals surface area contributed by atoms with Crippen molar-refractivity contribution in [3.63, 3.8) is 0 Å². The van der Waals surface area contributed by atoms with Gasteiger partial charge in [0.1, 0.15) is 24.4 Å². The van der Waals surface area contributed by atoms with Gasteiger partial charge in [0.05, 0.1) is 32.0 Å². The minimum absolute atomic E-state index is 0.0127. The SMILES string of the molecule is CC/C=C/CC/C=C/CC/C=C/C(O)C(COC1OC(CO)C(O)C(O)C1O)NC(=O)CCCCCCCCCCCCCCCCCCC/C=C\C/C=C\CCCCCCCCCCCCCOC(=O)CCCCCCCCCCCCCCCCC. The van der Waals surface area contributed by atoms with Crippen molar-refractivity contribution in [2.45, 2.75) is 397 Å². The number of aliphatic hydroxyl groups excluding tert-OH is 5. The van der Waals surface area contributed by atoms with Crippen LogP contribution < -0.4 is 5.32 Å². The number of carbonyl (C=O) groups excluding carboxylic acids is 2. The van der Waals surface area contributed by atoms with Crippen LogP contribution in [0.5, 0.6) is 0 Å². The standard InChI is InChI=1S/C77H141NO10/c1-3-5-7-9-11-13-15-16-38-42-45-49-53-57-61-65-73(82)86-66-62-58-54-50-46-43-40-37-35-33-31-29-27-25-23-21-19-17-18-20-22-24-26-28-30-32-34-36-39-41-44-48-52-56-60-64-72(81)78-69(68-87-77-76(85)75(84)74(83)71(67-79)88-77)70(80)63-59-55-51-47-14-12-10-8-6-4-2/h6,8,14,19,21,25,27,47,59,63,69-71,74-77,79-80,83-85H,3-5,7,9-13,15-18,20,22-24,26,28-46,48-58,60-62,64-68H2,1-2H3,(H,78,81)/b8-6+,21-19-,27-25-,47-14+,63-59+. The summed E-state index contributed by atoms with van der Waals surface area (Å²) in [4.78, 5) is 25.1. The zero-order chi connectivity index (χ0) is 63.7. The van der Waals surface area contributed by atoms with Crippen molar-refractivity contribution < 1.29 is 49.3 Å². The first kappa shape index (κ1) is 83.4. The first-order chi connectivity index (χ1) is 43.2. The normalized spacial score (nSPS) is 18.1. The summed E-state index contributed by atoms with van der Waals surface area (Å²) in [5, 5.41) is 54.3. The summed E-state index contributed by atoms with van der Waals surface area (Å²) in [5.41, 5.74) is 0. The third-order valence-corrected chi connectivity index (χ3v) is 17.6. The number of hydrogen-bond acceptors (Lipinski definition) is 10. The number of aliphatic hydroxyl groups is 5. The summed E-state index contributed by atoms with van der Waals surface area (Å²) in [6.07, 6.45) is 78.3. The van der Waals surface area contributed by atoms with Crippen molar-refractivity contribution in [1.29, 1.82) is 0 Å². The fourth-order valence-electron chi connectivity index (χ4n) is 11.7. The molecule has 11 nitrogen and oxygen atoms in total. The van der Waals surface area contributed by atoms with Crippen LogP contribution in [0.4, 0.5) is 0 Å². The minimum atomic E-state index is -1.58. The molecule has 1 saturated heterocycles. The third-order valence-electron chi connectivity index (χ3n) is 17.6. The van der Waals surface area contributed by atoms with Crippen molar-refractivity contribution >= 4 is 11.9 Å². The Bertz CT molecular complexity index is 1650. The summed E-state index contributed by atoms with van der Waals surface area (Å²) in [6.45, 7) is 4.23. The number of unbranched alkanes of at least 4 members (excludes halogenated alkanes) is 44. The second kappa shape index (κ2) is 65.8. The molecular formula is C77H141NO10. The van der Waals surface area contributed by atoms with Gasteiger partial charge >= 0.3 is 5.97 Å². The molecule has 7 unspecified atom stereocenters. The molecule has 1 heterocycles. The number of carbonyl (C=O) groups is 2. The van der Waals surface area contributed by atoms with E-state index in [2.05, 4.69) is 67.8 Å². The van der Waals surface area contributed by atoms with E-state index in [0.29, 0.717) is 19.4 Å². The van der Waals surface area contributed by atoms with E-state index in [4.69, 9.17) is 14.2 Å². The average Bonchev–Trinajstić information content (AvgIpc) is 1.96. The van der Waals surface area contributed by atoms with Gasteiger partial charge in [0.2, 0.25) is 5.91 Å². The molecule has 0 aliphatic carbocycles. The topological polar surface area (TPSA) is 175 Å². The van der Waals surface area contributed by atoms with Crippen LogP contribution in [0.25, 0.3) is 0 Å². The molecule has 0 saturated carbocycles. The summed E-state index contributed by atoms with van der Waals surface area (Å²) >= 11 is 0. The Morgan fingerprint density at radius 1 is 0.432 bits per heavy atom. The monoisotopic (exact) mass is 1240 g/mol. The van der Waals surface area contributed by atoms with Crippen molar-refractivity contribution in [3.8, 4) is 0 Å². The quantitative estimate of drug-likeness (QED) is 0.0195. The number of nitrogens with one attached hydrogen (secondary N) is 1. The number of rotatable bonds is 66. The molecule has 6 N–H and O–H groups in total. The van der Waals surface area contributed by atoms with Crippen LogP contribution in [0.1, 0.15) is 354 Å². The van der Waals surface area contributed by atoms with Gasteiger partial charge in [0, 0.05) is 12.8 Å². The maximum Gasteiger partial charge on any atom is 0.305 e. The Balaban J connectivity index is 1.90. The highest BCUT2D eigenvalue weighted by atomic mass is 16.7. The molecular weight excluding hydrogens is 1100 g/mol. The second-order valence-electron chi connectivity index (χ2n) is 26.0. The van der Waals surface area contributed by atoms with Crippen molar-refractivity contribution in [1.82, 2.24) is 5.32 Å². The molecule has 0 bridgehead atoms. The fraction of sp³-hybridized carbons (Fsp3) is 0.844. The molecule has 0 aromatic heterocycles. The summed E-state index contributed by atoms with van der Waals surface area (Å²) in [6, 6.07) is -0.833. The Labute approximate surface area is 541 Å². The van der Waals surface area contributed by atoms with Gasteiger partial charge in [0.15, 0.2) is 6.29 Å². The van der Waals surface area contributed by atoms with Gasteiger partial charge < -0.3 is 45.1 Å². The van der Waals surface area contributed by atoms with E-state index in [-0.39, 0.29) is 18.5 Å². The largest absolute Gasteiger partial charge is 0.466 e. The van der Waals surface area contributed by atoms with Gasteiger partial charge in [-0.05, 0) is 83.5 Å². The lowest BCUT2D eigenvalue weighted by atomic mass is 9.99. The Kier molecular flexibility index (Phi) is 62.4. The molecule has 7 atom stereocenters. The van der Waals surface area contributed by atoms with Gasteiger partial charge in [-0.25, -0.2) is 0 Å². The average molecular weight is 1240 g/mol. The molecule has 1 fully saturated rings. The van der Waals surface area contributed by atoms with Gasteiger partial charge in [-0.1, -0.05) is 319 Å². The van der Waals surface area contributed by atoms with E-state index in [1.165, 1.54) is 257 Å². The lowest BCUT2D eigenvalue weighted by Crippen LogP contribution is -2.60. The Morgan fingerprint density at radius 2 is 0.807 bits per heavy atom. The van der Waals surface area contributed by atoms with Crippen molar-refractivity contribution in [2.24, 2.45) is 0 Å². The molecule has 88 heavy (non-hydrogen) atoms. The van der Waals surface area contributed by atoms with E-state index in [9.17, 15) is 35.1 Å². The number of hydrogen-bond donors (Lipinski definition) is 6. The van der Waals surface area contributed by atoms with Crippen LogP contribution in [-0.4, -0.2) is 100 Å². The molecule has 1 aliphatic heterocycles. The number of allylic oxidation sites excluding steroid dienone is 9. The van der Waals surface area contributed by atoms with Crippen molar-refractivity contribution in [3.05, 3.63) is 60.8 Å². The van der Waals surface area contributed by atoms with Crippen LogP contribution in [-0.2, 0) is 23.8 Å². The predicted octanol–water partition coefficient (Wildman–Crippen LogP) is 19.7. The molecule has 11 heteroatoms. The number of ether oxygens (including phenoxy) is 3. The van der Waals surface area contributed by atoms with Crippen LogP contribution in [0.3, 0.4) is 0 Å². The molecule has 0 aromatic carbocycles. The van der Waals surface area contributed by atoms with Gasteiger partial charge in [0.25, 0.3) is 0 Å². The molecule has 1 aliphatic rings. The number of esters is 1. The van der Waals surface area contributed by atoms with E-state index in [1.807, 2.05) is 6.08 Å². The number of amides is 1. The van der Waals surface area contributed by atoms with Gasteiger partial charge in [-0.3, -0.25) is 9.59 Å². The highest BCUT2D eigenvalue weighted by Crippen LogP contribution is 2.23. The maximum absolute atomic E-state index is 13.0. The van der Waals surface area contributed by atoms with Gasteiger partial charge in [-0.2, -0.15) is 0 Å². The summed E-state index contributed by atoms with van der Waals surface area (Å²) in [7, 11) is 0. The second-order valence-corrected chi connectivity index (χ2v) is 26.0. The van der Waals surface area contributed by atoms with Crippen LogP contribution in [0, 0.1) is 0 Å². The van der Waals surface area contributed by atoms with Gasteiger partial charge in [-0.15, -0.1) is 0 Å². The maximum atomic E-state index is 13.0. The first-order valence-electron chi connectivity index (χ1n) is 37.6. The smallest absolute Gasteiger partial charge is 0.305 e. The first-order valence-corrected chi connectivity index (χ1v) is 37.6. The zero-order valence-electron chi connectivity index (χ0n) is 57.2. The van der Waals surface area contributed by atoms with Crippen molar-refractivity contribution in [2.75, 3.05) is 19.8 Å². The zero-order valence-corrected chi connectivity index (χ0v) is 57.2. The predicted molar refractivity (Wildman–Crippen MR) is 370 cm³/mol. The van der Waals surface area contributed by atoms with E-state index in [0.717, 1.165) is 70.6 Å². The van der Waals surface area contributed by atoms with Crippen LogP contribution >= 0.6 is 0 Å². The third kappa shape index (κ3) is 54.0. The lowest BCUT2D eigenvalue weighted by Gasteiger charge is -2.40. The Morgan fingerprint density at radius 3 is 1.24 bits per heavy atom. The molecule has 514 valence electrons. The molecule has 0 spiro atoms. The molecule has 1 amide bonds. The highest BCUT2D eigenvalue weighted by molar-refractivity contribution is 5.76. The minimum Gasteiger partial charge on any atom is -0.466 e. The van der Waals surface area contributed by atoms with Crippen LogP contribution in [0.15, 0.2) is 60.8 Å². The van der Waals surface area contributed by atoms with E-state index in [1.54, 1.807) is 6.08 Å². The molecule has 1 rings (SSSR count). The Hall–Kier alpha value is -2.64. The highest BCUT2D eigenvalue weighted by Gasteiger charge is 2.44. The fourth-order valence-corrected chi connectivity index (χ4v) is 11.7. The summed E-state index contributed by atoms with van der Waals surface area (Å²) < 4.78 is 16.7.